The third-order valence-corrected chi connectivity index (χ3v) is 11.3. The molecule has 0 spiro atoms. The monoisotopic (exact) mass is 706 g/mol. The summed E-state index contributed by atoms with van der Waals surface area (Å²) in [6.07, 6.45) is 15.9. The zero-order valence-electron chi connectivity index (χ0n) is 31.0. The van der Waals surface area contributed by atoms with Crippen LogP contribution in [0, 0.1) is 17.6 Å². The Balaban J connectivity index is 1.32. The second kappa shape index (κ2) is 20.7. The molecule has 0 saturated heterocycles. The minimum Gasteiger partial charge on any atom is -0.462 e. The molecule has 51 heavy (non-hydrogen) atoms. The molecule has 0 amide bonds. The lowest BCUT2D eigenvalue weighted by Gasteiger charge is -2.31. The van der Waals surface area contributed by atoms with Gasteiger partial charge in [0.25, 0.3) is 0 Å². The van der Waals surface area contributed by atoms with Gasteiger partial charge in [-0.1, -0.05) is 70.0 Å². The second-order valence-electron chi connectivity index (χ2n) is 15.1. The number of esters is 2. The van der Waals surface area contributed by atoms with Gasteiger partial charge in [0.1, 0.15) is 11.6 Å². The van der Waals surface area contributed by atoms with Crippen molar-refractivity contribution in [2.24, 2.45) is 5.92 Å². The van der Waals surface area contributed by atoms with Crippen molar-refractivity contribution in [3.8, 4) is 0 Å². The van der Waals surface area contributed by atoms with Crippen LogP contribution in [0.5, 0.6) is 0 Å². The van der Waals surface area contributed by atoms with Crippen LogP contribution in [0.25, 0.3) is 0 Å². The molecule has 0 bridgehead atoms. The molecule has 1 unspecified atom stereocenters. The summed E-state index contributed by atoms with van der Waals surface area (Å²) in [6.45, 7) is 10.8. The highest BCUT2D eigenvalue weighted by Crippen LogP contribution is 2.43. The fourth-order valence-electron chi connectivity index (χ4n) is 8.20. The van der Waals surface area contributed by atoms with Gasteiger partial charge < -0.3 is 14.6 Å². The maximum atomic E-state index is 15.8. The Hall–Kier alpha value is -3.32. The summed E-state index contributed by atoms with van der Waals surface area (Å²) >= 11 is 0. The molecule has 2 fully saturated rings. The van der Waals surface area contributed by atoms with Crippen LogP contribution in [0.2, 0.25) is 0 Å². The van der Waals surface area contributed by atoms with E-state index in [9.17, 15) is 9.59 Å². The summed E-state index contributed by atoms with van der Waals surface area (Å²) in [5.41, 5.74) is 3.88. The lowest BCUT2D eigenvalue weighted by Crippen LogP contribution is -2.15. The number of unbranched alkanes of at least 4 members (excludes halogenated alkanes) is 2. The Morgan fingerprint density at radius 1 is 0.765 bits per heavy atom. The predicted octanol–water partition coefficient (Wildman–Crippen LogP) is 11.1. The van der Waals surface area contributed by atoms with E-state index < -0.39 is 18.5 Å². The molecule has 2 aromatic rings. The Labute approximate surface area is 304 Å². The minimum absolute atomic E-state index is 0.00904. The summed E-state index contributed by atoms with van der Waals surface area (Å²) in [5, 5.41) is 9.10. The molecule has 0 aliphatic heterocycles. The van der Waals surface area contributed by atoms with Crippen molar-refractivity contribution in [2.75, 3.05) is 19.8 Å². The summed E-state index contributed by atoms with van der Waals surface area (Å²) in [6, 6.07) is 11.6. The Morgan fingerprint density at radius 3 is 1.86 bits per heavy atom. The largest absolute Gasteiger partial charge is 0.462 e. The van der Waals surface area contributed by atoms with E-state index in [2.05, 4.69) is 26.1 Å². The number of aliphatic hydroxyl groups is 1. The van der Waals surface area contributed by atoms with Crippen LogP contribution < -0.4 is 0 Å². The van der Waals surface area contributed by atoms with Crippen LogP contribution in [-0.4, -0.2) is 36.9 Å². The summed E-state index contributed by atoms with van der Waals surface area (Å²) in [4.78, 5) is 23.7. The Morgan fingerprint density at radius 2 is 1.31 bits per heavy atom. The topological polar surface area (TPSA) is 72.8 Å². The zero-order chi connectivity index (χ0) is 36.8. The predicted molar refractivity (Wildman–Crippen MR) is 200 cm³/mol. The van der Waals surface area contributed by atoms with E-state index in [0.29, 0.717) is 42.7 Å². The number of rotatable bonds is 19. The molecular weight excluding hydrogens is 646 g/mol. The van der Waals surface area contributed by atoms with Crippen molar-refractivity contribution < 1.29 is 33.0 Å². The van der Waals surface area contributed by atoms with Crippen LogP contribution in [-0.2, 0) is 19.1 Å². The molecule has 280 valence electrons. The molecule has 4 rings (SSSR count). The lowest BCUT2D eigenvalue weighted by molar-refractivity contribution is -0.140. The maximum Gasteiger partial charge on any atom is 0.335 e. The van der Waals surface area contributed by atoms with E-state index in [1.54, 1.807) is 13.0 Å². The van der Waals surface area contributed by atoms with Crippen LogP contribution in [0.1, 0.15) is 163 Å². The molecule has 1 N–H and O–H groups in total. The number of aliphatic hydroxyl groups excluding tert-OH is 1. The molecule has 0 aromatic heterocycles. The highest BCUT2D eigenvalue weighted by Gasteiger charge is 2.28. The fourth-order valence-corrected chi connectivity index (χ4v) is 8.20. The average Bonchev–Trinajstić information content (AvgIpc) is 3.14. The normalized spacial score (nSPS) is 21.1. The zero-order valence-corrected chi connectivity index (χ0v) is 31.0. The van der Waals surface area contributed by atoms with E-state index in [1.807, 2.05) is 24.3 Å². The fraction of sp³-hybridized carbons (Fsp3) is 0.591. The lowest BCUT2D eigenvalue weighted by atomic mass is 9.74. The van der Waals surface area contributed by atoms with Crippen LogP contribution in [0.15, 0.2) is 60.7 Å². The Bertz CT molecular complexity index is 1450. The Kier molecular flexibility index (Phi) is 16.4. The van der Waals surface area contributed by atoms with E-state index in [0.717, 1.165) is 48.3 Å². The van der Waals surface area contributed by atoms with Crippen molar-refractivity contribution in [3.05, 3.63) is 94.6 Å². The second-order valence-corrected chi connectivity index (χ2v) is 15.1. The van der Waals surface area contributed by atoms with Crippen LogP contribution in [0.4, 0.5) is 8.78 Å². The van der Waals surface area contributed by atoms with Gasteiger partial charge in [-0.3, -0.25) is 0 Å². The number of carbonyl (C=O) groups is 2. The first-order valence-electron chi connectivity index (χ1n) is 19.5. The molecule has 2 aliphatic rings. The molecule has 2 saturated carbocycles. The first-order chi connectivity index (χ1) is 24.6. The summed E-state index contributed by atoms with van der Waals surface area (Å²) in [7, 11) is 0. The minimum atomic E-state index is -0.642. The van der Waals surface area contributed by atoms with Crippen LogP contribution in [0.3, 0.4) is 0 Å². The van der Waals surface area contributed by atoms with Gasteiger partial charge in [0.05, 0.1) is 25.4 Å². The van der Waals surface area contributed by atoms with Crippen LogP contribution >= 0.6 is 0 Å². The molecular formula is C44H60F2O5. The number of hydrogen-bond acceptors (Lipinski definition) is 5. The highest BCUT2D eigenvalue weighted by molar-refractivity contribution is 5.88. The van der Waals surface area contributed by atoms with Gasteiger partial charge in [-0.25, -0.2) is 18.4 Å². The van der Waals surface area contributed by atoms with Crippen molar-refractivity contribution >= 4 is 11.9 Å². The van der Waals surface area contributed by atoms with Crippen molar-refractivity contribution in [1.29, 1.82) is 0 Å². The van der Waals surface area contributed by atoms with Crippen molar-refractivity contribution in [3.63, 3.8) is 0 Å². The third kappa shape index (κ3) is 12.1. The molecule has 7 heteroatoms. The number of hydrogen-bond donors (Lipinski definition) is 1. The summed E-state index contributed by atoms with van der Waals surface area (Å²) in [5.74, 6) is 0.133. The standard InChI is InChI=1S/C44H60F2O5/c1-5-6-7-10-32-13-15-33(16-14-32)37-22-24-40(42(46)27-37)36-19-17-34(18-20-36)38-21-23-39(41(45)28-38)35(11-8-25-50-43(48)30(2)3)12-9-26-51-44(49)31(4)29-47/h21-24,27-28,32-36,47H,2,4-20,25-26,29H2,1,3H3. The van der Waals surface area contributed by atoms with Gasteiger partial charge >= 0.3 is 11.9 Å². The number of halogens is 2. The third-order valence-electron chi connectivity index (χ3n) is 11.3. The molecule has 1 atom stereocenters. The molecule has 2 aromatic carbocycles. The first-order valence-corrected chi connectivity index (χ1v) is 19.5. The van der Waals surface area contributed by atoms with E-state index in [1.165, 1.54) is 51.4 Å². The van der Waals surface area contributed by atoms with Crippen molar-refractivity contribution in [1.82, 2.24) is 0 Å². The maximum absolute atomic E-state index is 15.8. The number of benzene rings is 2. The quantitative estimate of drug-likeness (QED) is 0.0894. The van der Waals surface area contributed by atoms with Crippen molar-refractivity contribution in [2.45, 2.75) is 140 Å². The molecule has 2 aliphatic carbocycles. The molecule has 0 heterocycles. The van der Waals surface area contributed by atoms with E-state index in [-0.39, 0.29) is 48.2 Å². The number of ether oxygens (including phenoxy) is 2. The molecule has 5 nitrogen and oxygen atoms in total. The van der Waals surface area contributed by atoms with E-state index in [4.69, 9.17) is 14.6 Å². The van der Waals surface area contributed by atoms with Gasteiger partial charge in [-0.2, -0.15) is 0 Å². The van der Waals surface area contributed by atoms with Gasteiger partial charge in [0.15, 0.2) is 0 Å². The van der Waals surface area contributed by atoms with Gasteiger partial charge in [0.2, 0.25) is 0 Å². The number of carbonyl (C=O) groups excluding carboxylic acids is 2. The van der Waals surface area contributed by atoms with Gasteiger partial charge in [-0.05, 0) is 148 Å². The summed E-state index contributed by atoms with van der Waals surface area (Å²) < 4.78 is 41.8. The average molecular weight is 707 g/mol. The first kappa shape index (κ1) is 40.5. The molecule has 0 radical (unpaired) electrons. The smallest absolute Gasteiger partial charge is 0.335 e. The highest BCUT2D eigenvalue weighted by atomic mass is 19.1. The SMILES string of the molecule is C=C(C)C(=O)OCCCC(CCCOC(=O)C(=C)CO)c1ccc(C2CCC(c3ccc(C4CCC(CCCCC)CC4)cc3F)CC2)cc1F. The van der Waals surface area contributed by atoms with Gasteiger partial charge in [0, 0.05) is 5.57 Å². The van der Waals surface area contributed by atoms with Gasteiger partial charge in [-0.15, -0.1) is 0 Å². The van der Waals surface area contributed by atoms with E-state index >= 15 is 8.78 Å².